The standard InChI is InChI=1S/C19H27N3O3/c1-24-19-5-3-2-4-16(19)13-25-14-18(23)12-22-8-6-15(7-9-22)17-10-20-21-11-17/h2-5,10-11,15,18,23H,6-9,12-14H2,1H3,(H,20,21)/t18-/m0/s1. The van der Waals surface area contributed by atoms with Crippen LogP contribution in [0.2, 0.25) is 0 Å². The average molecular weight is 345 g/mol. The van der Waals surface area contributed by atoms with Crippen LogP contribution >= 0.6 is 0 Å². The molecule has 0 saturated carbocycles. The van der Waals surface area contributed by atoms with Crippen LogP contribution in [0, 0.1) is 0 Å². The lowest BCUT2D eigenvalue weighted by Crippen LogP contribution is -2.39. The zero-order chi connectivity index (χ0) is 17.5. The lowest BCUT2D eigenvalue weighted by atomic mass is 9.91. The molecule has 0 bridgehead atoms. The molecule has 2 N–H and O–H groups in total. The summed E-state index contributed by atoms with van der Waals surface area (Å²) in [6.07, 6.45) is 5.64. The molecule has 136 valence electrons. The fourth-order valence-corrected chi connectivity index (χ4v) is 3.41. The number of methoxy groups -OCH3 is 1. The summed E-state index contributed by atoms with van der Waals surface area (Å²) in [7, 11) is 1.65. The van der Waals surface area contributed by atoms with E-state index in [2.05, 4.69) is 15.1 Å². The largest absolute Gasteiger partial charge is 0.496 e. The van der Waals surface area contributed by atoms with Crippen molar-refractivity contribution in [3.8, 4) is 5.75 Å². The van der Waals surface area contributed by atoms with Gasteiger partial charge in [0.25, 0.3) is 0 Å². The number of rotatable bonds is 8. The minimum absolute atomic E-state index is 0.333. The lowest BCUT2D eigenvalue weighted by Gasteiger charge is -2.32. The highest BCUT2D eigenvalue weighted by Gasteiger charge is 2.22. The molecule has 0 spiro atoms. The van der Waals surface area contributed by atoms with Crippen LogP contribution in [0.1, 0.15) is 29.9 Å². The molecule has 1 saturated heterocycles. The van der Waals surface area contributed by atoms with Gasteiger partial charge in [0.2, 0.25) is 0 Å². The number of aromatic amines is 1. The number of benzene rings is 1. The number of hydrogen-bond acceptors (Lipinski definition) is 5. The van der Waals surface area contributed by atoms with Crippen molar-refractivity contribution >= 4 is 0 Å². The number of β-amino-alcohol motifs (C(OH)–C–C–N with tert-alkyl or cyclic N) is 1. The monoisotopic (exact) mass is 345 g/mol. The van der Waals surface area contributed by atoms with Gasteiger partial charge in [-0.15, -0.1) is 0 Å². The Bertz CT molecular complexity index is 625. The van der Waals surface area contributed by atoms with Crippen LogP contribution in [-0.4, -0.2) is 59.7 Å². The molecule has 25 heavy (non-hydrogen) atoms. The summed E-state index contributed by atoms with van der Waals surface area (Å²) in [6, 6.07) is 7.79. The number of aliphatic hydroxyl groups is 1. The van der Waals surface area contributed by atoms with Crippen molar-refractivity contribution in [3.05, 3.63) is 47.8 Å². The van der Waals surface area contributed by atoms with Crippen LogP contribution in [0.3, 0.4) is 0 Å². The van der Waals surface area contributed by atoms with Gasteiger partial charge in [-0.05, 0) is 43.5 Å². The van der Waals surface area contributed by atoms with E-state index < -0.39 is 6.10 Å². The summed E-state index contributed by atoms with van der Waals surface area (Å²) in [6.45, 7) is 3.44. The normalized spacial score (nSPS) is 17.5. The van der Waals surface area contributed by atoms with Gasteiger partial charge in [0.15, 0.2) is 0 Å². The molecule has 6 heteroatoms. The average Bonchev–Trinajstić information content (AvgIpc) is 3.17. The third-order valence-electron chi connectivity index (χ3n) is 4.81. The van der Waals surface area contributed by atoms with Crippen LogP contribution < -0.4 is 4.74 Å². The molecule has 2 heterocycles. The number of H-pyrrole nitrogens is 1. The number of para-hydroxylation sites is 1. The van der Waals surface area contributed by atoms with E-state index in [1.807, 2.05) is 36.7 Å². The van der Waals surface area contributed by atoms with Gasteiger partial charge in [0.05, 0.1) is 32.6 Å². The van der Waals surface area contributed by atoms with Gasteiger partial charge in [-0.3, -0.25) is 5.10 Å². The van der Waals surface area contributed by atoms with E-state index in [1.54, 1.807) is 7.11 Å². The van der Waals surface area contributed by atoms with Crippen molar-refractivity contribution in [3.63, 3.8) is 0 Å². The summed E-state index contributed by atoms with van der Waals surface area (Å²) in [5.74, 6) is 1.40. The molecule has 0 unspecified atom stereocenters. The first-order chi connectivity index (χ1) is 12.3. The van der Waals surface area contributed by atoms with Crippen molar-refractivity contribution < 1.29 is 14.6 Å². The molecule has 0 amide bonds. The second-order valence-electron chi connectivity index (χ2n) is 6.59. The smallest absolute Gasteiger partial charge is 0.124 e. The third-order valence-corrected chi connectivity index (χ3v) is 4.81. The first-order valence-corrected chi connectivity index (χ1v) is 8.85. The summed E-state index contributed by atoms with van der Waals surface area (Å²) in [5.41, 5.74) is 2.29. The highest BCUT2D eigenvalue weighted by atomic mass is 16.5. The Morgan fingerprint density at radius 2 is 2.12 bits per heavy atom. The molecular formula is C19H27N3O3. The van der Waals surface area contributed by atoms with Crippen molar-refractivity contribution in [2.45, 2.75) is 31.5 Å². The Labute approximate surface area is 148 Å². The fourth-order valence-electron chi connectivity index (χ4n) is 3.41. The molecule has 1 fully saturated rings. The Kier molecular flexibility index (Phi) is 6.44. The number of hydrogen-bond donors (Lipinski definition) is 2. The molecule has 1 aliphatic heterocycles. The lowest BCUT2D eigenvalue weighted by molar-refractivity contribution is 0.00576. The van der Waals surface area contributed by atoms with E-state index in [9.17, 15) is 5.11 Å². The number of likely N-dealkylation sites (tertiary alicyclic amines) is 1. The topological polar surface area (TPSA) is 70.6 Å². The maximum atomic E-state index is 10.2. The summed E-state index contributed by atoms with van der Waals surface area (Å²) in [5, 5.41) is 17.2. The van der Waals surface area contributed by atoms with E-state index in [0.717, 1.165) is 37.2 Å². The second-order valence-corrected chi connectivity index (χ2v) is 6.59. The molecule has 2 aromatic rings. The number of aromatic nitrogens is 2. The molecule has 3 rings (SSSR count). The summed E-state index contributed by atoms with van der Waals surface area (Å²) < 4.78 is 11.0. The Balaban J connectivity index is 1.36. The number of nitrogens with one attached hydrogen (secondary N) is 1. The Hall–Kier alpha value is -1.89. The Morgan fingerprint density at radius 1 is 1.32 bits per heavy atom. The minimum atomic E-state index is -0.472. The zero-order valence-electron chi connectivity index (χ0n) is 14.7. The van der Waals surface area contributed by atoms with Crippen molar-refractivity contribution in [2.75, 3.05) is 33.4 Å². The number of aliphatic hydroxyl groups excluding tert-OH is 1. The van der Waals surface area contributed by atoms with Gasteiger partial charge in [-0.25, -0.2) is 0 Å². The maximum absolute atomic E-state index is 10.2. The van der Waals surface area contributed by atoms with E-state index in [4.69, 9.17) is 9.47 Å². The van der Waals surface area contributed by atoms with Gasteiger partial charge >= 0.3 is 0 Å². The van der Waals surface area contributed by atoms with E-state index in [1.165, 1.54) is 5.56 Å². The summed E-state index contributed by atoms with van der Waals surface area (Å²) in [4.78, 5) is 2.31. The molecule has 0 radical (unpaired) electrons. The first kappa shape index (κ1) is 17.9. The first-order valence-electron chi connectivity index (χ1n) is 8.85. The molecule has 1 aromatic carbocycles. The highest BCUT2D eigenvalue weighted by molar-refractivity contribution is 5.32. The molecular weight excluding hydrogens is 318 g/mol. The van der Waals surface area contributed by atoms with Crippen LogP contribution in [0.5, 0.6) is 5.75 Å². The van der Waals surface area contributed by atoms with Crippen LogP contribution in [0.15, 0.2) is 36.7 Å². The van der Waals surface area contributed by atoms with Crippen LogP contribution in [0.25, 0.3) is 0 Å². The highest BCUT2D eigenvalue weighted by Crippen LogP contribution is 2.27. The van der Waals surface area contributed by atoms with Crippen molar-refractivity contribution in [1.29, 1.82) is 0 Å². The molecule has 1 atom stereocenters. The minimum Gasteiger partial charge on any atom is -0.496 e. The fraction of sp³-hybridized carbons (Fsp3) is 0.526. The van der Waals surface area contributed by atoms with Gasteiger partial charge in [-0.1, -0.05) is 18.2 Å². The zero-order valence-corrected chi connectivity index (χ0v) is 14.7. The number of nitrogens with zero attached hydrogens (tertiary/aromatic N) is 2. The SMILES string of the molecule is COc1ccccc1COC[C@@H](O)CN1CCC(c2cn[nH]c2)CC1. The predicted octanol–water partition coefficient (Wildman–Crippen LogP) is 2.18. The van der Waals surface area contributed by atoms with Gasteiger partial charge in [0.1, 0.15) is 5.75 Å². The maximum Gasteiger partial charge on any atom is 0.124 e. The number of piperidine rings is 1. The van der Waals surface area contributed by atoms with Gasteiger partial charge in [0, 0.05) is 18.3 Å². The third kappa shape index (κ3) is 5.04. The molecule has 0 aliphatic carbocycles. The quantitative estimate of drug-likeness (QED) is 0.767. The van der Waals surface area contributed by atoms with E-state index >= 15 is 0 Å². The van der Waals surface area contributed by atoms with Crippen LogP contribution in [-0.2, 0) is 11.3 Å². The number of ether oxygens (including phenoxy) is 2. The Morgan fingerprint density at radius 3 is 2.84 bits per heavy atom. The molecule has 6 nitrogen and oxygen atoms in total. The van der Waals surface area contributed by atoms with E-state index in [-0.39, 0.29) is 0 Å². The molecule has 1 aromatic heterocycles. The van der Waals surface area contributed by atoms with Crippen molar-refractivity contribution in [1.82, 2.24) is 15.1 Å². The van der Waals surface area contributed by atoms with E-state index in [0.29, 0.717) is 25.7 Å². The molecule has 1 aliphatic rings. The van der Waals surface area contributed by atoms with Crippen molar-refractivity contribution in [2.24, 2.45) is 0 Å². The summed E-state index contributed by atoms with van der Waals surface area (Å²) >= 11 is 0. The van der Waals surface area contributed by atoms with Crippen LogP contribution in [0.4, 0.5) is 0 Å². The van der Waals surface area contributed by atoms with Gasteiger partial charge < -0.3 is 19.5 Å². The predicted molar refractivity (Wildman–Crippen MR) is 95.7 cm³/mol. The van der Waals surface area contributed by atoms with Gasteiger partial charge in [-0.2, -0.15) is 5.10 Å². The second kappa shape index (κ2) is 8.99.